The molecule has 118 valence electrons. The molecule has 1 saturated carbocycles. The van der Waals surface area contributed by atoms with Crippen LogP contribution >= 0.6 is 0 Å². The van der Waals surface area contributed by atoms with Crippen LogP contribution in [0.4, 0.5) is 5.69 Å². The van der Waals surface area contributed by atoms with Crippen molar-refractivity contribution in [2.45, 2.75) is 53.1 Å². The second-order valence-corrected chi connectivity index (χ2v) is 6.91. The lowest BCUT2D eigenvalue weighted by Crippen LogP contribution is -2.28. The minimum Gasteiger partial charge on any atom is -0.476 e. The first kappa shape index (κ1) is 15.9. The summed E-state index contributed by atoms with van der Waals surface area (Å²) in [6.07, 6.45) is 3.73. The SMILES string of the molecule is CC(C)COc1nc(OC2CC(C)CC(C)C2)ccc1N. The average molecular weight is 292 g/mol. The molecule has 2 rings (SSSR count). The summed E-state index contributed by atoms with van der Waals surface area (Å²) in [6.45, 7) is 9.39. The maximum Gasteiger partial charge on any atom is 0.240 e. The van der Waals surface area contributed by atoms with Gasteiger partial charge in [-0.05, 0) is 43.1 Å². The smallest absolute Gasteiger partial charge is 0.240 e. The molecule has 2 unspecified atom stereocenters. The molecule has 1 aromatic heterocycles. The Kier molecular flexibility index (Phi) is 5.32. The first-order valence-electron chi connectivity index (χ1n) is 8.00. The van der Waals surface area contributed by atoms with Gasteiger partial charge in [-0.25, -0.2) is 0 Å². The number of hydrogen-bond acceptors (Lipinski definition) is 4. The highest BCUT2D eigenvalue weighted by atomic mass is 16.5. The second kappa shape index (κ2) is 7.01. The van der Waals surface area contributed by atoms with Gasteiger partial charge < -0.3 is 15.2 Å². The molecule has 2 atom stereocenters. The third-order valence-corrected chi connectivity index (χ3v) is 3.84. The molecule has 4 nitrogen and oxygen atoms in total. The zero-order valence-electron chi connectivity index (χ0n) is 13.6. The number of aromatic nitrogens is 1. The molecule has 21 heavy (non-hydrogen) atoms. The minimum absolute atomic E-state index is 0.248. The van der Waals surface area contributed by atoms with Gasteiger partial charge in [0.15, 0.2) is 0 Å². The van der Waals surface area contributed by atoms with E-state index in [9.17, 15) is 0 Å². The standard InChI is InChI=1S/C17H28N2O2/c1-11(2)10-20-17-15(18)5-6-16(19-17)21-14-8-12(3)7-13(4)9-14/h5-6,11-14H,7-10,18H2,1-4H3. The van der Waals surface area contributed by atoms with Gasteiger partial charge in [0.05, 0.1) is 12.3 Å². The number of nitrogens with two attached hydrogens (primary N) is 1. The highest BCUT2D eigenvalue weighted by molar-refractivity contribution is 5.49. The Morgan fingerprint density at radius 1 is 1.19 bits per heavy atom. The van der Waals surface area contributed by atoms with Crippen LogP contribution in [0.25, 0.3) is 0 Å². The van der Waals surface area contributed by atoms with E-state index in [0.29, 0.717) is 41.8 Å². The van der Waals surface area contributed by atoms with E-state index in [4.69, 9.17) is 15.2 Å². The summed E-state index contributed by atoms with van der Waals surface area (Å²) in [4.78, 5) is 4.42. The predicted octanol–water partition coefficient (Wildman–Crippen LogP) is 3.90. The Morgan fingerprint density at radius 3 is 2.48 bits per heavy atom. The van der Waals surface area contributed by atoms with Gasteiger partial charge in [-0.15, -0.1) is 0 Å². The fourth-order valence-corrected chi connectivity index (χ4v) is 3.00. The largest absolute Gasteiger partial charge is 0.476 e. The van der Waals surface area contributed by atoms with Crippen LogP contribution in [-0.2, 0) is 0 Å². The van der Waals surface area contributed by atoms with Gasteiger partial charge in [-0.3, -0.25) is 0 Å². The third-order valence-electron chi connectivity index (χ3n) is 3.84. The summed E-state index contributed by atoms with van der Waals surface area (Å²) in [7, 11) is 0. The molecule has 1 fully saturated rings. The Labute approximate surface area is 128 Å². The van der Waals surface area contributed by atoms with E-state index >= 15 is 0 Å². The highest BCUT2D eigenvalue weighted by Crippen LogP contribution is 2.32. The molecule has 0 saturated heterocycles. The molecule has 0 aromatic carbocycles. The van der Waals surface area contributed by atoms with Crippen LogP contribution < -0.4 is 15.2 Å². The van der Waals surface area contributed by atoms with Crippen LogP contribution in [-0.4, -0.2) is 17.7 Å². The Balaban J connectivity index is 2.01. The summed E-state index contributed by atoms with van der Waals surface area (Å²) in [5.74, 6) is 2.97. The molecule has 1 aromatic rings. The van der Waals surface area contributed by atoms with Gasteiger partial charge in [0.1, 0.15) is 6.10 Å². The molecule has 2 N–H and O–H groups in total. The second-order valence-electron chi connectivity index (χ2n) is 6.91. The number of nitrogen functional groups attached to an aromatic ring is 1. The lowest BCUT2D eigenvalue weighted by Gasteiger charge is -2.31. The summed E-state index contributed by atoms with van der Waals surface area (Å²) < 4.78 is 11.7. The van der Waals surface area contributed by atoms with E-state index in [1.165, 1.54) is 6.42 Å². The number of anilines is 1. The lowest BCUT2D eigenvalue weighted by molar-refractivity contribution is 0.0957. The van der Waals surface area contributed by atoms with Crippen molar-refractivity contribution in [1.29, 1.82) is 0 Å². The van der Waals surface area contributed by atoms with Crippen LogP contribution in [0.15, 0.2) is 12.1 Å². The number of rotatable bonds is 5. The van der Waals surface area contributed by atoms with Crippen molar-refractivity contribution < 1.29 is 9.47 Å². The van der Waals surface area contributed by atoms with Gasteiger partial charge in [-0.1, -0.05) is 27.7 Å². The fourth-order valence-electron chi connectivity index (χ4n) is 3.00. The van der Waals surface area contributed by atoms with Gasteiger partial charge in [0.2, 0.25) is 11.8 Å². The minimum atomic E-state index is 0.248. The van der Waals surface area contributed by atoms with Crippen molar-refractivity contribution in [3.05, 3.63) is 12.1 Å². The van der Waals surface area contributed by atoms with E-state index in [-0.39, 0.29) is 6.10 Å². The number of pyridine rings is 1. The number of nitrogens with zero attached hydrogens (tertiary/aromatic N) is 1. The molecular weight excluding hydrogens is 264 g/mol. The quantitative estimate of drug-likeness (QED) is 0.894. The van der Waals surface area contributed by atoms with Crippen molar-refractivity contribution in [3.8, 4) is 11.8 Å². The van der Waals surface area contributed by atoms with Crippen LogP contribution in [0.1, 0.15) is 47.0 Å². The highest BCUT2D eigenvalue weighted by Gasteiger charge is 2.25. The van der Waals surface area contributed by atoms with Crippen molar-refractivity contribution in [3.63, 3.8) is 0 Å². The predicted molar refractivity (Wildman–Crippen MR) is 85.6 cm³/mol. The molecule has 0 bridgehead atoms. The van der Waals surface area contributed by atoms with Crippen LogP contribution in [0.3, 0.4) is 0 Å². The summed E-state index contributed by atoms with van der Waals surface area (Å²) >= 11 is 0. The number of ether oxygens (including phenoxy) is 2. The molecule has 0 aliphatic heterocycles. The van der Waals surface area contributed by atoms with Crippen molar-refractivity contribution >= 4 is 5.69 Å². The van der Waals surface area contributed by atoms with E-state index in [1.807, 2.05) is 12.1 Å². The van der Waals surface area contributed by atoms with Crippen molar-refractivity contribution in [1.82, 2.24) is 4.98 Å². The Morgan fingerprint density at radius 2 is 1.86 bits per heavy atom. The zero-order chi connectivity index (χ0) is 15.4. The molecule has 1 aliphatic rings. The van der Waals surface area contributed by atoms with Gasteiger partial charge in [-0.2, -0.15) is 4.98 Å². The summed E-state index contributed by atoms with van der Waals surface area (Å²) in [5.41, 5.74) is 6.47. The molecule has 1 aliphatic carbocycles. The van der Waals surface area contributed by atoms with Crippen LogP contribution in [0.2, 0.25) is 0 Å². The Bertz CT molecular complexity index is 452. The molecule has 0 spiro atoms. The maximum absolute atomic E-state index is 6.05. The van der Waals surface area contributed by atoms with Gasteiger partial charge >= 0.3 is 0 Å². The average Bonchev–Trinajstić information content (AvgIpc) is 2.38. The monoisotopic (exact) mass is 292 g/mol. The van der Waals surface area contributed by atoms with E-state index in [1.54, 1.807) is 0 Å². The molecule has 4 heteroatoms. The normalized spacial score (nSPS) is 25.9. The Hall–Kier alpha value is -1.45. The zero-order valence-corrected chi connectivity index (χ0v) is 13.6. The van der Waals surface area contributed by atoms with E-state index in [0.717, 1.165) is 12.8 Å². The number of hydrogen-bond donors (Lipinski definition) is 1. The molecular formula is C17H28N2O2. The molecule has 0 radical (unpaired) electrons. The van der Waals surface area contributed by atoms with Crippen LogP contribution in [0.5, 0.6) is 11.8 Å². The third kappa shape index (κ3) is 4.80. The maximum atomic E-state index is 6.05. The van der Waals surface area contributed by atoms with Gasteiger partial charge in [0, 0.05) is 6.07 Å². The molecule has 0 amide bonds. The van der Waals surface area contributed by atoms with Crippen molar-refractivity contribution in [2.24, 2.45) is 17.8 Å². The van der Waals surface area contributed by atoms with E-state index in [2.05, 4.69) is 32.7 Å². The summed E-state index contributed by atoms with van der Waals surface area (Å²) in [6, 6.07) is 3.65. The lowest BCUT2D eigenvalue weighted by atomic mass is 9.82. The summed E-state index contributed by atoms with van der Waals surface area (Å²) in [5, 5.41) is 0. The van der Waals surface area contributed by atoms with Crippen LogP contribution in [0, 0.1) is 17.8 Å². The fraction of sp³-hybridized carbons (Fsp3) is 0.706. The van der Waals surface area contributed by atoms with Crippen molar-refractivity contribution in [2.75, 3.05) is 12.3 Å². The van der Waals surface area contributed by atoms with Gasteiger partial charge in [0.25, 0.3) is 0 Å². The molecule has 1 heterocycles. The topological polar surface area (TPSA) is 57.4 Å². The first-order valence-corrected chi connectivity index (χ1v) is 8.00. The first-order chi connectivity index (χ1) is 9.94. The van der Waals surface area contributed by atoms with E-state index < -0.39 is 0 Å².